The number of amides is 1. The first kappa shape index (κ1) is 33.9. The highest BCUT2D eigenvalue weighted by atomic mass is 35.5. The number of quaternary nitrogens is 1. The van der Waals surface area contributed by atoms with Crippen LogP contribution in [0.15, 0.2) is 71.0 Å². The fourth-order valence-corrected chi connectivity index (χ4v) is 5.43. The Morgan fingerprint density at radius 3 is 2.51 bits per heavy atom. The van der Waals surface area contributed by atoms with Crippen LogP contribution < -0.4 is 10.6 Å². The van der Waals surface area contributed by atoms with E-state index in [2.05, 4.69) is 10.3 Å². The molecule has 2 heterocycles. The number of carbonyl (C=O) groups is 1. The lowest BCUT2D eigenvalue weighted by Crippen LogP contribution is -2.82. The summed E-state index contributed by atoms with van der Waals surface area (Å²) in [6.07, 6.45) is 3.37. The van der Waals surface area contributed by atoms with Crippen LogP contribution in [0.5, 0.6) is 0 Å². The van der Waals surface area contributed by atoms with Gasteiger partial charge in [-0.2, -0.15) is 8.78 Å². The maximum absolute atomic E-state index is 15.8. The van der Waals surface area contributed by atoms with Crippen LogP contribution in [0.2, 0.25) is 5.02 Å². The van der Waals surface area contributed by atoms with Crippen molar-refractivity contribution in [1.82, 2.24) is 10.3 Å². The average Bonchev–Trinajstić information content (AvgIpc) is 3.52. The second-order valence-corrected chi connectivity index (χ2v) is 11.7. The molecule has 0 bridgehead atoms. The van der Waals surface area contributed by atoms with E-state index in [1.54, 1.807) is 11.4 Å². The van der Waals surface area contributed by atoms with Crippen LogP contribution in [0, 0.1) is 22.9 Å². The average molecular weight is 670 g/mol. The summed E-state index contributed by atoms with van der Waals surface area (Å²) in [6, 6.07) is 5.44. The smallest absolute Gasteiger partial charge is 0.382 e. The van der Waals surface area contributed by atoms with Gasteiger partial charge in [-0.1, -0.05) is 17.7 Å². The van der Waals surface area contributed by atoms with Crippen LogP contribution >= 0.6 is 22.9 Å². The first-order valence-corrected chi connectivity index (χ1v) is 14.4. The number of nitrogens with one attached hydrogen (secondary N) is 2. The molecule has 6 N–H and O–H groups in total. The van der Waals surface area contributed by atoms with E-state index in [4.69, 9.17) is 21.7 Å². The largest absolute Gasteiger partial charge is 0.494 e. The van der Waals surface area contributed by atoms with E-state index in [1.165, 1.54) is 39.2 Å². The molecular formula is C30H27ClF5N4O4S+. The van der Waals surface area contributed by atoms with Crippen molar-refractivity contribution < 1.29 is 47.0 Å². The van der Waals surface area contributed by atoms with E-state index in [0.29, 0.717) is 11.4 Å². The van der Waals surface area contributed by atoms with E-state index >= 15 is 4.39 Å². The number of rotatable bonds is 10. The number of thiophene rings is 1. The highest BCUT2D eigenvalue weighted by Crippen LogP contribution is 2.39. The van der Waals surface area contributed by atoms with Crippen molar-refractivity contribution in [3.63, 3.8) is 0 Å². The molecule has 8 nitrogen and oxygen atoms in total. The van der Waals surface area contributed by atoms with Crippen molar-refractivity contribution in [2.45, 2.75) is 31.6 Å². The first-order chi connectivity index (χ1) is 21.1. The molecule has 45 heavy (non-hydrogen) atoms. The number of nitrogens with zero attached hydrogens (tertiary/aromatic N) is 1. The molecule has 0 saturated carbocycles. The second-order valence-electron chi connectivity index (χ2n) is 10.4. The van der Waals surface area contributed by atoms with Gasteiger partial charge in [0.15, 0.2) is 11.4 Å². The third-order valence-electron chi connectivity index (χ3n) is 6.78. The molecule has 1 aromatic carbocycles. The molecule has 0 radical (unpaired) electrons. The zero-order valence-electron chi connectivity index (χ0n) is 23.9. The zero-order chi connectivity index (χ0) is 33.3. The Labute approximate surface area is 263 Å². The van der Waals surface area contributed by atoms with Gasteiger partial charge >= 0.3 is 6.55 Å². The quantitative estimate of drug-likeness (QED) is 0.122. The van der Waals surface area contributed by atoms with Crippen LogP contribution in [0.4, 0.5) is 22.0 Å². The van der Waals surface area contributed by atoms with Gasteiger partial charge in [-0.15, -0.1) is 11.3 Å². The summed E-state index contributed by atoms with van der Waals surface area (Å²) in [5.74, 6) is -4.35. The van der Waals surface area contributed by atoms with Crippen LogP contribution in [-0.2, 0) is 20.7 Å². The number of hydrogen-bond donors (Lipinski definition) is 5. The molecule has 4 rings (SSSR count). The second kappa shape index (κ2) is 13.2. The number of aliphatic hydroxyl groups is 2. The fourth-order valence-electron chi connectivity index (χ4n) is 4.43. The molecule has 3 aromatic rings. The molecule has 1 amide bonds. The van der Waals surface area contributed by atoms with Gasteiger partial charge < -0.3 is 20.3 Å². The highest BCUT2D eigenvalue weighted by molar-refractivity contribution is 7.10. The monoisotopic (exact) mass is 669 g/mol. The van der Waals surface area contributed by atoms with Crippen molar-refractivity contribution in [1.29, 1.82) is 5.41 Å². The van der Waals surface area contributed by atoms with E-state index in [0.717, 1.165) is 29.7 Å². The lowest BCUT2D eigenvalue weighted by atomic mass is 9.89. The number of hydrogen-bond acceptors (Lipinski definition) is 7. The molecule has 1 aliphatic carbocycles. The predicted molar refractivity (Wildman–Crippen MR) is 157 cm³/mol. The molecule has 1 aliphatic rings. The van der Waals surface area contributed by atoms with E-state index in [9.17, 15) is 32.6 Å². The molecule has 2 aromatic heterocycles. The number of methoxy groups -OCH3 is 1. The number of nitrogens with two attached hydrogens (primary N) is 1. The Bertz CT molecular complexity index is 1740. The maximum atomic E-state index is 15.8. The van der Waals surface area contributed by atoms with E-state index in [1.807, 2.05) is 0 Å². The number of allylic oxidation sites excluding steroid dienone is 2. The number of benzene rings is 1. The van der Waals surface area contributed by atoms with Crippen LogP contribution in [-0.4, -0.2) is 47.0 Å². The van der Waals surface area contributed by atoms with Crippen LogP contribution in [0.1, 0.15) is 30.0 Å². The standard InChI is InChI=1S/C30H26ClF5N4O4S/c1-29(2,42)17-10-22(40-26(24(17)34)16-9-18(31)20(33)11-19(16)32)30(43,23-5-4-6-45-23)13-39-27(41)14-7-15(12-38-28(35)36)25(37)21(8-14)44-3/h4-12,28,37-38,42-43H,13H2,1-3H3,(H,39,41)/p+1/b15-12-,37-25?/t30-/m0/s1. The molecule has 238 valence electrons. The van der Waals surface area contributed by atoms with Gasteiger partial charge in [0.2, 0.25) is 0 Å². The van der Waals surface area contributed by atoms with Crippen LogP contribution in [0.3, 0.4) is 0 Å². The molecule has 0 spiro atoms. The molecule has 0 fully saturated rings. The topological polar surface area (TPSA) is 132 Å². The summed E-state index contributed by atoms with van der Waals surface area (Å²) >= 11 is 6.90. The van der Waals surface area contributed by atoms with Crippen molar-refractivity contribution in [2.75, 3.05) is 13.7 Å². The summed E-state index contributed by atoms with van der Waals surface area (Å²) in [5.41, 5.74) is -6.39. The normalized spacial score (nSPS) is 16.0. The molecule has 0 aliphatic heterocycles. The predicted octanol–water partition coefficient (Wildman–Crippen LogP) is 4.62. The third-order valence-corrected chi connectivity index (χ3v) is 8.09. The molecule has 0 unspecified atom stereocenters. The minimum atomic E-state index is -2.81. The van der Waals surface area contributed by atoms with Gasteiger partial charge in [0.25, 0.3) is 5.91 Å². The Morgan fingerprint density at radius 2 is 1.91 bits per heavy atom. The fraction of sp³-hybridized carbons (Fsp3) is 0.233. The first-order valence-electron chi connectivity index (χ1n) is 13.1. The van der Waals surface area contributed by atoms with Crippen molar-refractivity contribution in [3.05, 3.63) is 110 Å². The third kappa shape index (κ3) is 7.15. The lowest BCUT2D eigenvalue weighted by Gasteiger charge is -2.30. The number of pyridine rings is 1. The summed E-state index contributed by atoms with van der Waals surface area (Å²) in [5, 5.41) is 35.2. The van der Waals surface area contributed by atoms with Gasteiger partial charge in [0, 0.05) is 27.6 Å². The Hall–Kier alpha value is -3.95. The minimum Gasteiger partial charge on any atom is -0.494 e. The molecule has 15 heteroatoms. The lowest BCUT2D eigenvalue weighted by molar-refractivity contribution is -0.681. The SMILES string of the molecule is COC1=CC(C(=O)NC[C@](O)(c2cc(C(C)(C)O)c(F)c(-c3cc(Cl)c(F)cc3F)n2)c2cccs2)=C/C(=C/[NH2+]C(F)F)C1=N. The number of ether oxygens (including phenoxy) is 1. The molecule has 1 atom stereocenters. The van der Waals surface area contributed by atoms with Crippen molar-refractivity contribution in [2.24, 2.45) is 0 Å². The Balaban J connectivity index is 1.82. The molecule has 0 saturated heterocycles. The van der Waals surface area contributed by atoms with E-state index in [-0.39, 0.29) is 33.2 Å². The summed E-state index contributed by atoms with van der Waals surface area (Å²) in [4.78, 5) is 17.7. The van der Waals surface area contributed by atoms with Crippen molar-refractivity contribution in [3.8, 4) is 11.3 Å². The maximum Gasteiger partial charge on any atom is 0.382 e. The summed E-state index contributed by atoms with van der Waals surface area (Å²) < 4.78 is 75.4. The number of alkyl halides is 2. The van der Waals surface area contributed by atoms with Gasteiger partial charge in [0.1, 0.15) is 35.0 Å². The summed E-state index contributed by atoms with van der Waals surface area (Å²) in [7, 11) is 1.24. The highest BCUT2D eigenvalue weighted by Gasteiger charge is 2.39. The summed E-state index contributed by atoms with van der Waals surface area (Å²) in [6.45, 7) is -0.907. The van der Waals surface area contributed by atoms with Gasteiger partial charge in [-0.05, 0) is 49.6 Å². The number of halogens is 6. The zero-order valence-corrected chi connectivity index (χ0v) is 25.5. The van der Waals surface area contributed by atoms with Crippen molar-refractivity contribution >= 4 is 34.6 Å². The number of carbonyl (C=O) groups excluding carboxylic acids is 1. The van der Waals surface area contributed by atoms with Gasteiger partial charge in [-0.25, -0.2) is 18.2 Å². The van der Waals surface area contributed by atoms with Crippen LogP contribution in [0.25, 0.3) is 11.3 Å². The van der Waals surface area contributed by atoms with E-state index < -0.39 is 69.5 Å². The minimum absolute atomic E-state index is 0.0343. The number of aromatic nitrogens is 1. The molecular weight excluding hydrogens is 643 g/mol. The Kier molecular flexibility index (Phi) is 9.94. The van der Waals surface area contributed by atoms with Gasteiger partial charge in [-0.3, -0.25) is 15.5 Å². The van der Waals surface area contributed by atoms with Gasteiger partial charge in [0.05, 0.1) is 35.5 Å². The Morgan fingerprint density at radius 1 is 1.20 bits per heavy atom.